The molecule has 0 aliphatic carbocycles. The van der Waals surface area contributed by atoms with Gasteiger partial charge in [-0.3, -0.25) is 4.79 Å². The maximum atomic E-state index is 11.7. The molecule has 0 heterocycles. The zero-order valence-corrected chi connectivity index (χ0v) is 10.3. The third kappa shape index (κ3) is 3.10. The van der Waals surface area contributed by atoms with Crippen LogP contribution in [0.2, 0.25) is 0 Å². The number of rotatable bonds is 5. The molecule has 1 unspecified atom stereocenters. The molecule has 1 atom stereocenters. The topological polar surface area (TPSA) is 73.6 Å². The Morgan fingerprint density at radius 2 is 1.82 bits per heavy atom. The fourth-order valence-corrected chi connectivity index (χ4v) is 1.60. The SMILES string of the molecule is CNC(=O)C(CN)c1cc(OC)cc(OC)c1. The molecule has 0 aliphatic rings. The molecular weight excluding hydrogens is 220 g/mol. The molecule has 5 nitrogen and oxygen atoms in total. The van der Waals surface area contributed by atoms with Gasteiger partial charge in [-0.1, -0.05) is 0 Å². The quantitative estimate of drug-likeness (QED) is 0.783. The minimum Gasteiger partial charge on any atom is -0.497 e. The Bertz CT molecular complexity index is 371. The molecule has 94 valence electrons. The van der Waals surface area contributed by atoms with Crippen LogP contribution >= 0.6 is 0 Å². The number of nitrogens with two attached hydrogens (primary N) is 1. The molecule has 0 saturated carbocycles. The van der Waals surface area contributed by atoms with Crippen molar-refractivity contribution in [1.82, 2.24) is 5.32 Å². The average Bonchev–Trinajstić information content (AvgIpc) is 2.38. The number of carbonyl (C=O) groups excluding carboxylic acids is 1. The van der Waals surface area contributed by atoms with E-state index in [-0.39, 0.29) is 12.5 Å². The number of hydrogen-bond acceptors (Lipinski definition) is 4. The second-order valence-electron chi connectivity index (χ2n) is 3.55. The van der Waals surface area contributed by atoms with Gasteiger partial charge in [-0.15, -0.1) is 0 Å². The normalized spacial score (nSPS) is 11.8. The zero-order valence-electron chi connectivity index (χ0n) is 10.3. The summed E-state index contributed by atoms with van der Waals surface area (Å²) in [7, 11) is 4.72. The highest BCUT2D eigenvalue weighted by molar-refractivity contribution is 5.83. The summed E-state index contributed by atoms with van der Waals surface area (Å²) < 4.78 is 10.3. The van der Waals surface area contributed by atoms with Gasteiger partial charge in [0.2, 0.25) is 5.91 Å². The summed E-state index contributed by atoms with van der Waals surface area (Å²) in [5.41, 5.74) is 6.40. The number of benzene rings is 1. The zero-order chi connectivity index (χ0) is 12.8. The van der Waals surface area contributed by atoms with Crippen molar-refractivity contribution < 1.29 is 14.3 Å². The number of carbonyl (C=O) groups is 1. The predicted octanol–water partition coefficient (Wildman–Crippen LogP) is 0.492. The number of hydrogen-bond donors (Lipinski definition) is 2. The standard InChI is InChI=1S/C12H18N2O3/c1-14-12(15)11(7-13)8-4-9(16-2)6-10(5-8)17-3/h4-6,11H,7,13H2,1-3H3,(H,14,15). The molecule has 0 aliphatic heterocycles. The first kappa shape index (κ1) is 13.3. The average molecular weight is 238 g/mol. The van der Waals surface area contributed by atoms with Crippen molar-refractivity contribution in [3.05, 3.63) is 23.8 Å². The van der Waals surface area contributed by atoms with Crippen LogP contribution in [0.1, 0.15) is 11.5 Å². The lowest BCUT2D eigenvalue weighted by Gasteiger charge is -2.15. The van der Waals surface area contributed by atoms with Crippen LogP contribution in [0.25, 0.3) is 0 Å². The summed E-state index contributed by atoms with van der Waals surface area (Å²) >= 11 is 0. The largest absolute Gasteiger partial charge is 0.497 e. The molecule has 17 heavy (non-hydrogen) atoms. The Morgan fingerprint density at radius 1 is 1.29 bits per heavy atom. The van der Waals surface area contributed by atoms with Gasteiger partial charge < -0.3 is 20.5 Å². The highest BCUT2D eigenvalue weighted by Gasteiger charge is 2.19. The molecular formula is C12H18N2O3. The van der Waals surface area contributed by atoms with E-state index in [0.29, 0.717) is 11.5 Å². The van der Waals surface area contributed by atoms with Gasteiger partial charge in [0.05, 0.1) is 20.1 Å². The van der Waals surface area contributed by atoms with Crippen LogP contribution < -0.4 is 20.5 Å². The summed E-state index contributed by atoms with van der Waals surface area (Å²) in [6.07, 6.45) is 0. The van der Waals surface area contributed by atoms with E-state index in [4.69, 9.17) is 15.2 Å². The van der Waals surface area contributed by atoms with Crippen LogP contribution in [0, 0.1) is 0 Å². The van der Waals surface area contributed by atoms with E-state index in [1.54, 1.807) is 39.5 Å². The summed E-state index contributed by atoms with van der Waals surface area (Å²) in [5, 5.41) is 2.59. The Hall–Kier alpha value is -1.75. The van der Waals surface area contributed by atoms with Gasteiger partial charge in [-0.05, 0) is 17.7 Å². The lowest BCUT2D eigenvalue weighted by Crippen LogP contribution is -2.30. The van der Waals surface area contributed by atoms with Crippen molar-refractivity contribution >= 4 is 5.91 Å². The monoisotopic (exact) mass is 238 g/mol. The third-order valence-electron chi connectivity index (χ3n) is 2.57. The van der Waals surface area contributed by atoms with Gasteiger partial charge in [0.1, 0.15) is 11.5 Å². The van der Waals surface area contributed by atoms with Crippen molar-refractivity contribution in [3.63, 3.8) is 0 Å². The van der Waals surface area contributed by atoms with Crippen LogP contribution in [0.5, 0.6) is 11.5 Å². The van der Waals surface area contributed by atoms with Crippen LogP contribution in [0.3, 0.4) is 0 Å². The van der Waals surface area contributed by atoms with Gasteiger partial charge in [0.25, 0.3) is 0 Å². The summed E-state index contributed by atoms with van der Waals surface area (Å²) in [6, 6.07) is 5.32. The molecule has 0 radical (unpaired) electrons. The van der Waals surface area contributed by atoms with Gasteiger partial charge in [-0.2, -0.15) is 0 Å². The maximum absolute atomic E-state index is 11.7. The Morgan fingerprint density at radius 3 is 2.18 bits per heavy atom. The van der Waals surface area contributed by atoms with E-state index in [1.165, 1.54) is 0 Å². The lowest BCUT2D eigenvalue weighted by molar-refractivity contribution is -0.121. The van der Waals surface area contributed by atoms with E-state index in [9.17, 15) is 4.79 Å². The molecule has 0 bridgehead atoms. The molecule has 0 spiro atoms. The van der Waals surface area contributed by atoms with E-state index in [1.807, 2.05) is 0 Å². The van der Waals surface area contributed by atoms with Crippen molar-refractivity contribution in [3.8, 4) is 11.5 Å². The molecule has 1 rings (SSSR count). The minimum absolute atomic E-state index is 0.122. The molecule has 1 aromatic carbocycles. The molecule has 0 fully saturated rings. The number of ether oxygens (including phenoxy) is 2. The van der Waals surface area contributed by atoms with E-state index in [2.05, 4.69) is 5.32 Å². The first-order valence-corrected chi connectivity index (χ1v) is 5.30. The first-order chi connectivity index (χ1) is 8.15. The van der Waals surface area contributed by atoms with Crippen molar-refractivity contribution in [2.24, 2.45) is 5.73 Å². The summed E-state index contributed by atoms with van der Waals surface area (Å²) in [5.74, 6) is 0.759. The van der Waals surface area contributed by atoms with E-state index < -0.39 is 5.92 Å². The molecule has 0 aromatic heterocycles. The van der Waals surface area contributed by atoms with Crippen LogP contribution in [-0.2, 0) is 4.79 Å². The predicted molar refractivity (Wildman–Crippen MR) is 65.4 cm³/mol. The number of amides is 1. The first-order valence-electron chi connectivity index (χ1n) is 5.30. The Kier molecular flexibility index (Phi) is 4.78. The molecule has 5 heteroatoms. The maximum Gasteiger partial charge on any atom is 0.228 e. The van der Waals surface area contributed by atoms with E-state index >= 15 is 0 Å². The highest BCUT2D eigenvalue weighted by Crippen LogP contribution is 2.27. The van der Waals surface area contributed by atoms with Gasteiger partial charge in [0, 0.05) is 19.7 Å². The molecule has 1 amide bonds. The van der Waals surface area contributed by atoms with Gasteiger partial charge in [-0.25, -0.2) is 0 Å². The molecule has 1 aromatic rings. The second kappa shape index (κ2) is 6.10. The Balaban J connectivity index is 3.13. The fourth-order valence-electron chi connectivity index (χ4n) is 1.60. The fraction of sp³-hybridized carbons (Fsp3) is 0.417. The van der Waals surface area contributed by atoms with Gasteiger partial charge in [0.15, 0.2) is 0 Å². The lowest BCUT2D eigenvalue weighted by atomic mass is 9.98. The summed E-state index contributed by atoms with van der Waals surface area (Å²) in [4.78, 5) is 11.7. The highest BCUT2D eigenvalue weighted by atomic mass is 16.5. The third-order valence-corrected chi connectivity index (χ3v) is 2.57. The van der Waals surface area contributed by atoms with Crippen LogP contribution in [0.15, 0.2) is 18.2 Å². The minimum atomic E-state index is -0.399. The van der Waals surface area contributed by atoms with Crippen molar-refractivity contribution in [2.75, 3.05) is 27.8 Å². The van der Waals surface area contributed by atoms with Crippen molar-refractivity contribution in [1.29, 1.82) is 0 Å². The smallest absolute Gasteiger partial charge is 0.228 e. The molecule has 3 N–H and O–H groups in total. The van der Waals surface area contributed by atoms with E-state index in [0.717, 1.165) is 5.56 Å². The summed E-state index contributed by atoms with van der Waals surface area (Å²) in [6.45, 7) is 0.232. The number of likely N-dealkylation sites (N-methyl/N-ethyl adjacent to an activating group) is 1. The second-order valence-corrected chi connectivity index (χ2v) is 3.55. The Labute approximate surface area is 101 Å². The van der Waals surface area contributed by atoms with Crippen LogP contribution in [0.4, 0.5) is 0 Å². The number of methoxy groups -OCH3 is 2. The van der Waals surface area contributed by atoms with Crippen molar-refractivity contribution in [2.45, 2.75) is 5.92 Å². The number of nitrogens with one attached hydrogen (secondary N) is 1. The van der Waals surface area contributed by atoms with Crippen LogP contribution in [-0.4, -0.2) is 33.7 Å². The molecule has 0 saturated heterocycles. The van der Waals surface area contributed by atoms with Gasteiger partial charge >= 0.3 is 0 Å².